The number of rotatable bonds is 3. The number of hydrogen-bond acceptors (Lipinski definition) is 3. The van der Waals surface area contributed by atoms with Crippen molar-refractivity contribution >= 4 is 5.78 Å². The van der Waals surface area contributed by atoms with Gasteiger partial charge in [-0.25, -0.2) is 0 Å². The molecule has 1 heterocycles. The van der Waals surface area contributed by atoms with E-state index in [-0.39, 0.29) is 5.78 Å². The molecule has 0 aliphatic carbocycles. The minimum Gasteiger partial charge on any atom is -0.496 e. The number of nitrogens with zero attached hydrogens (tertiary/aromatic N) is 1. The number of hydrogen-bond donors (Lipinski definition) is 0. The summed E-state index contributed by atoms with van der Waals surface area (Å²) in [6.07, 6.45) is 0. The molecular formula is C17H19NO2. The van der Waals surface area contributed by atoms with Gasteiger partial charge in [0.05, 0.1) is 7.11 Å². The van der Waals surface area contributed by atoms with Gasteiger partial charge in [-0.2, -0.15) is 0 Å². The number of benzene rings is 1. The fourth-order valence-electron chi connectivity index (χ4n) is 2.33. The van der Waals surface area contributed by atoms with Crippen LogP contribution in [-0.2, 0) is 0 Å². The first-order valence-corrected chi connectivity index (χ1v) is 6.58. The lowest BCUT2D eigenvalue weighted by Crippen LogP contribution is -2.08. The number of carbonyl (C=O) groups excluding carboxylic acids is 1. The second-order valence-electron chi connectivity index (χ2n) is 5.05. The van der Waals surface area contributed by atoms with E-state index >= 15 is 0 Å². The van der Waals surface area contributed by atoms with Crippen LogP contribution >= 0.6 is 0 Å². The van der Waals surface area contributed by atoms with Gasteiger partial charge in [0.1, 0.15) is 5.75 Å². The molecular weight excluding hydrogens is 250 g/mol. The molecule has 0 saturated carbocycles. The van der Waals surface area contributed by atoms with Gasteiger partial charge in [-0.3, -0.25) is 9.78 Å². The molecule has 0 N–H and O–H groups in total. The molecule has 0 spiro atoms. The molecule has 0 atom stereocenters. The maximum absolute atomic E-state index is 12.7. The first kappa shape index (κ1) is 14.3. The van der Waals surface area contributed by atoms with Gasteiger partial charge >= 0.3 is 0 Å². The van der Waals surface area contributed by atoms with Crippen molar-refractivity contribution in [2.24, 2.45) is 0 Å². The van der Waals surface area contributed by atoms with Crippen LogP contribution in [0.4, 0.5) is 0 Å². The van der Waals surface area contributed by atoms with Gasteiger partial charge in [0, 0.05) is 22.5 Å². The molecule has 104 valence electrons. The number of carbonyl (C=O) groups is 1. The van der Waals surface area contributed by atoms with Crippen LogP contribution in [0.25, 0.3) is 0 Å². The van der Waals surface area contributed by atoms with Crippen molar-refractivity contribution in [3.05, 3.63) is 57.9 Å². The fourth-order valence-corrected chi connectivity index (χ4v) is 2.33. The molecule has 2 rings (SSSR count). The molecule has 20 heavy (non-hydrogen) atoms. The highest BCUT2D eigenvalue weighted by Gasteiger charge is 2.16. The third-order valence-corrected chi connectivity index (χ3v) is 3.46. The van der Waals surface area contributed by atoms with Crippen LogP contribution in [0.2, 0.25) is 0 Å². The standard InChI is InChI=1S/C17H19NO2/c1-10-9-16(20-5)11(2)8-15(10)17(19)14-7-6-12(3)18-13(14)4/h6-9H,1-5H3. The van der Waals surface area contributed by atoms with Crippen molar-refractivity contribution in [3.63, 3.8) is 0 Å². The second kappa shape index (κ2) is 5.45. The van der Waals surface area contributed by atoms with Gasteiger partial charge in [-0.1, -0.05) is 0 Å². The molecule has 0 fully saturated rings. The van der Waals surface area contributed by atoms with Crippen molar-refractivity contribution in [2.45, 2.75) is 27.7 Å². The molecule has 3 heteroatoms. The van der Waals surface area contributed by atoms with Crippen LogP contribution in [0, 0.1) is 27.7 Å². The zero-order chi connectivity index (χ0) is 14.9. The van der Waals surface area contributed by atoms with E-state index in [0.29, 0.717) is 11.1 Å². The Labute approximate surface area is 119 Å². The van der Waals surface area contributed by atoms with Gasteiger partial charge in [-0.15, -0.1) is 0 Å². The summed E-state index contributed by atoms with van der Waals surface area (Å²) in [5, 5.41) is 0. The smallest absolute Gasteiger partial charge is 0.195 e. The Hall–Kier alpha value is -2.16. The molecule has 0 bridgehead atoms. The number of ketones is 1. The average molecular weight is 269 g/mol. The predicted octanol–water partition coefficient (Wildman–Crippen LogP) is 3.55. The second-order valence-corrected chi connectivity index (χ2v) is 5.05. The molecule has 2 aromatic rings. The summed E-state index contributed by atoms with van der Waals surface area (Å²) in [7, 11) is 1.64. The SMILES string of the molecule is COc1cc(C)c(C(=O)c2ccc(C)nc2C)cc1C. The molecule has 0 aliphatic rings. The normalized spacial score (nSPS) is 10.4. The Kier molecular flexibility index (Phi) is 3.89. The average Bonchev–Trinajstić information content (AvgIpc) is 2.40. The van der Waals surface area contributed by atoms with Crippen molar-refractivity contribution in [3.8, 4) is 5.75 Å². The van der Waals surface area contributed by atoms with E-state index in [4.69, 9.17) is 4.74 Å². The first-order valence-electron chi connectivity index (χ1n) is 6.58. The Morgan fingerprint density at radius 1 is 1.00 bits per heavy atom. The summed E-state index contributed by atoms with van der Waals surface area (Å²) in [5.41, 5.74) is 4.92. The number of pyridine rings is 1. The molecule has 0 aliphatic heterocycles. The number of methoxy groups -OCH3 is 1. The van der Waals surface area contributed by atoms with Crippen LogP contribution < -0.4 is 4.74 Å². The number of aryl methyl sites for hydroxylation is 4. The summed E-state index contributed by atoms with van der Waals surface area (Å²) in [5.74, 6) is 0.816. The van der Waals surface area contributed by atoms with Crippen molar-refractivity contribution < 1.29 is 9.53 Å². The minimum absolute atomic E-state index is 0.0123. The zero-order valence-electron chi connectivity index (χ0n) is 12.6. The lowest BCUT2D eigenvalue weighted by molar-refractivity contribution is 0.103. The molecule has 0 saturated heterocycles. The van der Waals surface area contributed by atoms with E-state index in [2.05, 4.69) is 4.98 Å². The Morgan fingerprint density at radius 2 is 1.70 bits per heavy atom. The van der Waals surface area contributed by atoms with Crippen molar-refractivity contribution in [2.75, 3.05) is 7.11 Å². The van der Waals surface area contributed by atoms with Crippen LogP contribution in [0.15, 0.2) is 24.3 Å². The maximum Gasteiger partial charge on any atom is 0.195 e. The predicted molar refractivity (Wildman–Crippen MR) is 79.6 cm³/mol. The van der Waals surface area contributed by atoms with Crippen LogP contribution in [0.5, 0.6) is 5.75 Å². The minimum atomic E-state index is 0.0123. The first-order chi connectivity index (χ1) is 9.43. The summed E-state index contributed by atoms with van der Waals surface area (Å²) in [6.45, 7) is 7.65. The third kappa shape index (κ3) is 2.57. The van der Waals surface area contributed by atoms with E-state index in [1.807, 2.05) is 52.0 Å². The van der Waals surface area contributed by atoms with E-state index in [1.165, 1.54) is 0 Å². The Morgan fingerprint density at radius 3 is 2.30 bits per heavy atom. The van der Waals surface area contributed by atoms with Gasteiger partial charge in [0.2, 0.25) is 0 Å². The molecule has 0 amide bonds. The van der Waals surface area contributed by atoms with E-state index in [1.54, 1.807) is 7.11 Å². The summed E-state index contributed by atoms with van der Waals surface area (Å²) in [4.78, 5) is 17.0. The highest BCUT2D eigenvalue weighted by atomic mass is 16.5. The quantitative estimate of drug-likeness (QED) is 0.800. The molecule has 1 aromatic heterocycles. The van der Waals surface area contributed by atoms with Crippen LogP contribution in [0.1, 0.15) is 38.4 Å². The van der Waals surface area contributed by atoms with Crippen molar-refractivity contribution in [1.82, 2.24) is 4.98 Å². The highest BCUT2D eigenvalue weighted by molar-refractivity contribution is 6.10. The van der Waals surface area contributed by atoms with Gasteiger partial charge < -0.3 is 4.74 Å². The lowest BCUT2D eigenvalue weighted by atomic mass is 9.96. The summed E-state index contributed by atoms with van der Waals surface area (Å²) < 4.78 is 5.28. The monoisotopic (exact) mass is 269 g/mol. The van der Waals surface area contributed by atoms with E-state index in [9.17, 15) is 4.79 Å². The maximum atomic E-state index is 12.7. The third-order valence-electron chi connectivity index (χ3n) is 3.46. The summed E-state index contributed by atoms with van der Waals surface area (Å²) in [6, 6.07) is 7.50. The van der Waals surface area contributed by atoms with Gasteiger partial charge in [-0.05, 0) is 63.1 Å². The molecule has 0 radical (unpaired) electrons. The molecule has 0 unspecified atom stereocenters. The summed E-state index contributed by atoms with van der Waals surface area (Å²) >= 11 is 0. The number of aromatic nitrogens is 1. The zero-order valence-corrected chi connectivity index (χ0v) is 12.6. The van der Waals surface area contributed by atoms with E-state index < -0.39 is 0 Å². The van der Waals surface area contributed by atoms with Gasteiger partial charge in [0.15, 0.2) is 5.78 Å². The highest BCUT2D eigenvalue weighted by Crippen LogP contribution is 2.25. The topological polar surface area (TPSA) is 39.2 Å². The Balaban J connectivity index is 2.51. The fraction of sp³-hybridized carbons (Fsp3) is 0.294. The van der Waals surface area contributed by atoms with Gasteiger partial charge in [0.25, 0.3) is 0 Å². The van der Waals surface area contributed by atoms with Crippen LogP contribution in [-0.4, -0.2) is 17.9 Å². The Bertz CT molecular complexity index is 675. The largest absolute Gasteiger partial charge is 0.496 e. The van der Waals surface area contributed by atoms with Crippen LogP contribution in [0.3, 0.4) is 0 Å². The molecule has 1 aromatic carbocycles. The van der Waals surface area contributed by atoms with Crippen molar-refractivity contribution in [1.29, 1.82) is 0 Å². The molecule has 3 nitrogen and oxygen atoms in total. The van der Waals surface area contributed by atoms with E-state index in [0.717, 1.165) is 28.3 Å². The lowest BCUT2D eigenvalue weighted by Gasteiger charge is -2.12. The number of ether oxygens (including phenoxy) is 1.